The van der Waals surface area contributed by atoms with Crippen molar-refractivity contribution in [2.75, 3.05) is 0 Å². The number of H-pyrrole nitrogens is 1. The van der Waals surface area contributed by atoms with E-state index in [0.29, 0.717) is 16.9 Å². The molecule has 116 valence electrons. The predicted octanol–water partition coefficient (Wildman–Crippen LogP) is 3.96. The zero-order valence-electron chi connectivity index (χ0n) is 13.0. The van der Waals surface area contributed by atoms with Crippen molar-refractivity contribution in [2.45, 2.75) is 13.8 Å². The topological polar surface area (TPSA) is 59.2 Å². The van der Waals surface area contributed by atoms with Gasteiger partial charge in [-0.3, -0.25) is 9.59 Å². The molecular weight excluding hydrogens is 290 g/mol. The van der Waals surface area contributed by atoms with Gasteiger partial charge >= 0.3 is 5.97 Å². The van der Waals surface area contributed by atoms with E-state index >= 15 is 0 Å². The van der Waals surface area contributed by atoms with Gasteiger partial charge in [0.25, 0.3) is 0 Å². The van der Waals surface area contributed by atoms with Crippen molar-refractivity contribution < 1.29 is 14.3 Å². The minimum absolute atomic E-state index is 0.0603. The van der Waals surface area contributed by atoms with Crippen LogP contribution >= 0.6 is 0 Å². The number of fused-ring (bicyclic) bond motifs is 1. The quantitative estimate of drug-likeness (QED) is 0.586. The van der Waals surface area contributed by atoms with Gasteiger partial charge < -0.3 is 9.72 Å². The van der Waals surface area contributed by atoms with E-state index in [1.165, 1.54) is 0 Å². The van der Waals surface area contributed by atoms with Crippen LogP contribution in [0.25, 0.3) is 10.9 Å². The molecule has 0 saturated carbocycles. The minimum Gasteiger partial charge on any atom is -0.424 e. The summed E-state index contributed by atoms with van der Waals surface area (Å²) in [4.78, 5) is 27.4. The van der Waals surface area contributed by atoms with Crippen molar-refractivity contribution in [1.82, 2.24) is 4.98 Å². The second-order valence-electron chi connectivity index (χ2n) is 5.68. The Bertz CT molecular complexity index is 863. The summed E-state index contributed by atoms with van der Waals surface area (Å²) >= 11 is 0. The zero-order chi connectivity index (χ0) is 16.4. The average Bonchev–Trinajstić information content (AvgIpc) is 2.97. The number of carbonyl (C=O) groups excluding carboxylic acids is 2. The van der Waals surface area contributed by atoms with Gasteiger partial charge in [0.2, 0.25) is 0 Å². The SMILES string of the molecule is CC(C)C(=O)Oc1c[nH]c2ccc(C(=O)c3ccccc3)cc12. The van der Waals surface area contributed by atoms with Crippen LogP contribution in [0.2, 0.25) is 0 Å². The molecule has 1 aromatic heterocycles. The summed E-state index contributed by atoms with van der Waals surface area (Å²) in [5.74, 6) is -0.129. The first-order chi connectivity index (χ1) is 11.1. The zero-order valence-corrected chi connectivity index (χ0v) is 13.0. The molecule has 4 heteroatoms. The molecule has 0 saturated heterocycles. The first kappa shape index (κ1) is 15.0. The molecule has 1 N–H and O–H groups in total. The number of nitrogens with one attached hydrogen (secondary N) is 1. The highest BCUT2D eigenvalue weighted by Gasteiger charge is 2.15. The molecule has 3 rings (SSSR count). The summed E-state index contributed by atoms with van der Waals surface area (Å²) in [5.41, 5.74) is 2.01. The Hall–Kier alpha value is -2.88. The lowest BCUT2D eigenvalue weighted by atomic mass is 10.0. The number of benzene rings is 2. The summed E-state index contributed by atoms with van der Waals surface area (Å²) in [6, 6.07) is 14.4. The third-order valence-corrected chi connectivity index (χ3v) is 3.62. The second kappa shape index (κ2) is 6.08. The first-order valence-corrected chi connectivity index (χ1v) is 7.49. The minimum atomic E-state index is -0.300. The molecule has 0 aliphatic carbocycles. The van der Waals surface area contributed by atoms with Crippen LogP contribution in [-0.4, -0.2) is 16.7 Å². The Labute approximate surface area is 134 Å². The molecule has 3 aromatic rings. The number of rotatable bonds is 4. The van der Waals surface area contributed by atoms with Crippen LogP contribution in [0, 0.1) is 5.92 Å². The van der Waals surface area contributed by atoms with Gasteiger partial charge in [0.1, 0.15) is 0 Å². The summed E-state index contributed by atoms with van der Waals surface area (Å²) in [6.07, 6.45) is 1.64. The standard InChI is InChI=1S/C19H17NO3/c1-12(2)19(22)23-17-11-20-16-9-8-14(10-15(16)17)18(21)13-6-4-3-5-7-13/h3-12,20H,1-2H3. The number of carbonyl (C=O) groups is 2. The first-order valence-electron chi connectivity index (χ1n) is 7.49. The van der Waals surface area contributed by atoms with Crippen LogP contribution in [0.3, 0.4) is 0 Å². The lowest BCUT2D eigenvalue weighted by molar-refractivity contribution is -0.137. The summed E-state index contributed by atoms with van der Waals surface area (Å²) < 4.78 is 5.39. The van der Waals surface area contributed by atoms with Gasteiger partial charge in [0.15, 0.2) is 11.5 Å². The summed E-state index contributed by atoms with van der Waals surface area (Å²) in [7, 11) is 0. The maximum atomic E-state index is 12.5. The third-order valence-electron chi connectivity index (χ3n) is 3.62. The fourth-order valence-electron chi connectivity index (χ4n) is 2.30. The largest absolute Gasteiger partial charge is 0.424 e. The monoisotopic (exact) mass is 307 g/mol. The molecule has 23 heavy (non-hydrogen) atoms. The molecule has 0 aliphatic heterocycles. The molecule has 0 unspecified atom stereocenters. The molecular formula is C19H17NO3. The number of ketones is 1. The number of ether oxygens (including phenoxy) is 1. The van der Waals surface area contributed by atoms with Crippen molar-refractivity contribution in [3.05, 3.63) is 65.9 Å². The van der Waals surface area contributed by atoms with Crippen molar-refractivity contribution in [3.63, 3.8) is 0 Å². The van der Waals surface area contributed by atoms with Gasteiger partial charge in [-0.15, -0.1) is 0 Å². The molecule has 2 aromatic carbocycles. The molecule has 0 amide bonds. The summed E-state index contributed by atoms with van der Waals surface area (Å²) in [5, 5.41) is 0.723. The van der Waals surface area contributed by atoms with Crippen molar-refractivity contribution >= 4 is 22.7 Å². The molecule has 0 aliphatic rings. The fraction of sp³-hybridized carbons (Fsp3) is 0.158. The molecule has 0 bridgehead atoms. The number of esters is 1. The van der Waals surface area contributed by atoms with Gasteiger partial charge in [-0.25, -0.2) is 0 Å². The van der Waals surface area contributed by atoms with Crippen LogP contribution in [0.15, 0.2) is 54.7 Å². The van der Waals surface area contributed by atoms with Crippen molar-refractivity contribution in [1.29, 1.82) is 0 Å². The molecule has 0 spiro atoms. The van der Waals surface area contributed by atoms with Gasteiger partial charge in [-0.05, 0) is 18.2 Å². The maximum absolute atomic E-state index is 12.5. The summed E-state index contributed by atoms with van der Waals surface area (Å²) in [6.45, 7) is 3.56. The number of hydrogen-bond acceptors (Lipinski definition) is 3. The van der Waals surface area contributed by atoms with E-state index in [1.54, 1.807) is 44.3 Å². The molecule has 0 atom stereocenters. The van der Waals surface area contributed by atoms with E-state index in [-0.39, 0.29) is 17.7 Å². The fourth-order valence-corrected chi connectivity index (χ4v) is 2.30. The highest BCUT2D eigenvalue weighted by molar-refractivity contribution is 6.11. The van der Waals surface area contributed by atoms with Crippen LogP contribution in [0.4, 0.5) is 0 Å². The highest BCUT2D eigenvalue weighted by Crippen LogP contribution is 2.28. The average molecular weight is 307 g/mol. The van der Waals surface area contributed by atoms with Crippen LogP contribution in [0.5, 0.6) is 5.75 Å². The van der Waals surface area contributed by atoms with E-state index in [4.69, 9.17) is 4.74 Å². The predicted molar refractivity (Wildman–Crippen MR) is 88.6 cm³/mol. The van der Waals surface area contributed by atoms with E-state index in [0.717, 1.165) is 10.9 Å². The number of hydrogen-bond donors (Lipinski definition) is 1. The third kappa shape index (κ3) is 3.01. The van der Waals surface area contributed by atoms with Crippen LogP contribution in [0.1, 0.15) is 29.8 Å². The number of aromatic amines is 1. The lowest BCUT2D eigenvalue weighted by Gasteiger charge is -2.06. The number of aromatic nitrogens is 1. The Morgan fingerprint density at radius 3 is 2.43 bits per heavy atom. The Morgan fingerprint density at radius 1 is 1.00 bits per heavy atom. The van der Waals surface area contributed by atoms with Crippen molar-refractivity contribution in [2.24, 2.45) is 5.92 Å². The van der Waals surface area contributed by atoms with Crippen LogP contribution < -0.4 is 4.74 Å². The molecule has 1 heterocycles. The lowest BCUT2D eigenvalue weighted by Crippen LogP contribution is -2.14. The van der Waals surface area contributed by atoms with Gasteiger partial charge in [0, 0.05) is 28.2 Å². The van der Waals surface area contributed by atoms with E-state index < -0.39 is 0 Å². The van der Waals surface area contributed by atoms with Gasteiger partial charge in [0.05, 0.1) is 5.92 Å². The van der Waals surface area contributed by atoms with Crippen molar-refractivity contribution in [3.8, 4) is 5.75 Å². The highest BCUT2D eigenvalue weighted by atomic mass is 16.5. The second-order valence-corrected chi connectivity index (χ2v) is 5.68. The van der Waals surface area contributed by atoms with Gasteiger partial charge in [-0.1, -0.05) is 44.2 Å². The molecule has 4 nitrogen and oxygen atoms in total. The Balaban J connectivity index is 1.98. The van der Waals surface area contributed by atoms with E-state index in [2.05, 4.69) is 4.98 Å². The normalized spacial score (nSPS) is 10.9. The molecule has 0 radical (unpaired) electrons. The Morgan fingerprint density at radius 2 is 1.74 bits per heavy atom. The van der Waals surface area contributed by atoms with Crippen LogP contribution in [-0.2, 0) is 4.79 Å². The maximum Gasteiger partial charge on any atom is 0.313 e. The smallest absolute Gasteiger partial charge is 0.313 e. The Kier molecular flexibility index (Phi) is 3.98. The van der Waals surface area contributed by atoms with E-state index in [9.17, 15) is 9.59 Å². The molecule has 0 fully saturated rings. The van der Waals surface area contributed by atoms with Gasteiger partial charge in [-0.2, -0.15) is 0 Å². The van der Waals surface area contributed by atoms with E-state index in [1.807, 2.05) is 24.3 Å².